The molecule has 6 heteroatoms. The first kappa shape index (κ1) is 16.4. The standard InChI is InChI=1S/C18H22N4O2/c1-13-6-5-7-14(12-13)17-19-18(24)15(20-21-17)8-9-16(23)22-10-3-2-4-11-22/h5-7,12H,2-4,8-11H2,1H3,(H,19,21,24). The first-order valence-electron chi connectivity index (χ1n) is 8.44. The number of carbonyl (C=O) groups excluding carboxylic acids is 1. The lowest BCUT2D eigenvalue weighted by atomic mass is 10.1. The number of benzene rings is 1. The lowest BCUT2D eigenvalue weighted by Gasteiger charge is -2.26. The Hall–Kier alpha value is -2.50. The summed E-state index contributed by atoms with van der Waals surface area (Å²) in [5.41, 5.74) is 1.96. The average Bonchev–Trinajstić information content (AvgIpc) is 2.61. The summed E-state index contributed by atoms with van der Waals surface area (Å²) in [5, 5.41) is 8.15. The third kappa shape index (κ3) is 3.88. The van der Waals surface area contributed by atoms with Crippen LogP contribution in [-0.4, -0.2) is 39.1 Å². The Labute approximate surface area is 140 Å². The summed E-state index contributed by atoms with van der Waals surface area (Å²) in [5.74, 6) is 0.550. The fraction of sp³-hybridized carbons (Fsp3) is 0.444. The third-order valence-electron chi connectivity index (χ3n) is 4.34. The van der Waals surface area contributed by atoms with E-state index in [1.54, 1.807) is 0 Å². The molecule has 1 N–H and O–H groups in total. The molecule has 1 saturated heterocycles. The van der Waals surface area contributed by atoms with Crippen LogP contribution in [0.3, 0.4) is 0 Å². The van der Waals surface area contributed by atoms with Crippen LogP contribution in [0.2, 0.25) is 0 Å². The summed E-state index contributed by atoms with van der Waals surface area (Å²) in [6.07, 6.45) is 3.96. The van der Waals surface area contributed by atoms with Crippen molar-refractivity contribution in [2.24, 2.45) is 0 Å². The molecule has 2 heterocycles. The van der Waals surface area contributed by atoms with E-state index in [2.05, 4.69) is 15.2 Å². The first-order chi connectivity index (χ1) is 11.6. The fourth-order valence-corrected chi connectivity index (χ4v) is 2.97. The number of aryl methyl sites for hydroxylation is 2. The molecule has 1 aromatic carbocycles. The van der Waals surface area contributed by atoms with Crippen LogP contribution in [0.5, 0.6) is 0 Å². The second-order valence-electron chi connectivity index (χ2n) is 6.26. The Morgan fingerprint density at radius 2 is 2.00 bits per heavy atom. The molecule has 0 bridgehead atoms. The molecule has 1 aliphatic heterocycles. The Morgan fingerprint density at radius 1 is 1.21 bits per heavy atom. The topological polar surface area (TPSA) is 79.0 Å². The molecule has 24 heavy (non-hydrogen) atoms. The van der Waals surface area contributed by atoms with Crippen molar-refractivity contribution in [2.75, 3.05) is 13.1 Å². The van der Waals surface area contributed by atoms with Gasteiger partial charge in [0.1, 0.15) is 5.69 Å². The number of nitrogens with one attached hydrogen (secondary N) is 1. The zero-order valence-corrected chi connectivity index (χ0v) is 13.9. The molecular weight excluding hydrogens is 304 g/mol. The number of rotatable bonds is 4. The van der Waals surface area contributed by atoms with Gasteiger partial charge in [-0.1, -0.05) is 23.8 Å². The molecule has 1 aromatic heterocycles. The number of nitrogens with zero attached hydrogens (tertiary/aromatic N) is 3. The Kier molecular flexibility index (Phi) is 5.03. The van der Waals surface area contributed by atoms with Gasteiger partial charge in [-0.05, 0) is 32.3 Å². The number of aromatic nitrogens is 3. The molecule has 0 radical (unpaired) electrons. The number of H-pyrrole nitrogens is 1. The molecule has 1 aliphatic rings. The van der Waals surface area contributed by atoms with Gasteiger partial charge < -0.3 is 9.88 Å². The molecule has 0 saturated carbocycles. The lowest BCUT2D eigenvalue weighted by molar-refractivity contribution is -0.132. The van der Waals surface area contributed by atoms with Gasteiger partial charge in [0.2, 0.25) is 5.91 Å². The second-order valence-corrected chi connectivity index (χ2v) is 6.26. The van der Waals surface area contributed by atoms with Crippen LogP contribution in [0.1, 0.15) is 36.9 Å². The van der Waals surface area contributed by atoms with Crippen LogP contribution in [0, 0.1) is 6.92 Å². The van der Waals surface area contributed by atoms with E-state index in [0.717, 1.165) is 37.1 Å². The second kappa shape index (κ2) is 7.38. The lowest BCUT2D eigenvalue weighted by Crippen LogP contribution is -2.36. The molecule has 1 amide bonds. The maximum absolute atomic E-state index is 12.2. The number of hydrogen-bond donors (Lipinski definition) is 1. The van der Waals surface area contributed by atoms with Crippen molar-refractivity contribution in [3.63, 3.8) is 0 Å². The van der Waals surface area contributed by atoms with Crippen LogP contribution < -0.4 is 5.56 Å². The number of carbonyl (C=O) groups is 1. The van der Waals surface area contributed by atoms with Crippen molar-refractivity contribution in [3.8, 4) is 11.4 Å². The predicted molar refractivity (Wildman–Crippen MR) is 91.6 cm³/mol. The highest BCUT2D eigenvalue weighted by Crippen LogP contribution is 2.14. The van der Waals surface area contributed by atoms with Gasteiger partial charge in [-0.3, -0.25) is 9.59 Å². The quantitative estimate of drug-likeness (QED) is 0.933. The van der Waals surface area contributed by atoms with Crippen LogP contribution in [0.15, 0.2) is 29.1 Å². The highest BCUT2D eigenvalue weighted by Gasteiger charge is 2.17. The maximum atomic E-state index is 12.2. The molecular formula is C18H22N4O2. The minimum Gasteiger partial charge on any atom is -0.343 e. The zero-order chi connectivity index (χ0) is 16.9. The summed E-state index contributed by atoms with van der Waals surface area (Å²) in [6, 6.07) is 7.72. The van der Waals surface area contributed by atoms with Crippen molar-refractivity contribution in [2.45, 2.75) is 39.0 Å². The predicted octanol–water partition coefficient (Wildman–Crippen LogP) is 2.09. The van der Waals surface area contributed by atoms with Crippen LogP contribution in [-0.2, 0) is 11.2 Å². The molecule has 0 unspecified atom stereocenters. The number of piperidine rings is 1. The summed E-state index contributed by atoms with van der Waals surface area (Å²) in [6.45, 7) is 3.63. The molecule has 1 fully saturated rings. The van der Waals surface area contributed by atoms with Gasteiger partial charge in [0.15, 0.2) is 5.82 Å². The molecule has 0 atom stereocenters. The number of aromatic amines is 1. The van der Waals surface area contributed by atoms with Crippen molar-refractivity contribution in [1.29, 1.82) is 0 Å². The molecule has 0 spiro atoms. The highest BCUT2D eigenvalue weighted by atomic mass is 16.2. The molecule has 6 nitrogen and oxygen atoms in total. The van der Waals surface area contributed by atoms with Crippen LogP contribution in [0.25, 0.3) is 11.4 Å². The van der Waals surface area contributed by atoms with Gasteiger partial charge in [-0.2, -0.15) is 0 Å². The van der Waals surface area contributed by atoms with E-state index in [0.29, 0.717) is 24.4 Å². The SMILES string of the molecule is Cc1cccc(-c2nnc(CCC(=O)N3CCCCC3)c(=O)[nH]2)c1. The molecule has 0 aliphatic carbocycles. The van der Waals surface area contributed by atoms with Crippen molar-refractivity contribution in [3.05, 3.63) is 45.9 Å². The summed E-state index contributed by atoms with van der Waals surface area (Å²) < 4.78 is 0. The summed E-state index contributed by atoms with van der Waals surface area (Å²) in [4.78, 5) is 29.0. The van der Waals surface area contributed by atoms with Gasteiger partial charge in [0, 0.05) is 31.5 Å². The molecule has 3 rings (SSSR count). The number of likely N-dealkylation sites (tertiary alicyclic amines) is 1. The largest absolute Gasteiger partial charge is 0.343 e. The highest BCUT2D eigenvalue weighted by molar-refractivity contribution is 5.76. The van der Waals surface area contributed by atoms with E-state index in [4.69, 9.17) is 0 Å². The minimum atomic E-state index is -0.270. The summed E-state index contributed by atoms with van der Waals surface area (Å²) in [7, 11) is 0. The van der Waals surface area contributed by atoms with Crippen molar-refractivity contribution >= 4 is 5.91 Å². The van der Waals surface area contributed by atoms with Crippen LogP contribution in [0.4, 0.5) is 0 Å². The minimum absolute atomic E-state index is 0.0960. The van der Waals surface area contributed by atoms with Gasteiger partial charge in [-0.25, -0.2) is 0 Å². The van der Waals surface area contributed by atoms with Crippen LogP contribution >= 0.6 is 0 Å². The van der Waals surface area contributed by atoms with Crippen molar-refractivity contribution in [1.82, 2.24) is 20.1 Å². The van der Waals surface area contributed by atoms with Gasteiger partial charge >= 0.3 is 0 Å². The maximum Gasteiger partial charge on any atom is 0.273 e. The first-order valence-corrected chi connectivity index (χ1v) is 8.44. The van der Waals surface area contributed by atoms with Gasteiger partial charge in [0.25, 0.3) is 5.56 Å². The number of hydrogen-bond acceptors (Lipinski definition) is 4. The van der Waals surface area contributed by atoms with E-state index in [1.165, 1.54) is 6.42 Å². The third-order valence-corrected chi connectivity index (χ3v) is 4.34. The number of amides is 1. The molecule has 2 aromatic rings. The zero-order valence-electron chi connectivity index (χ0n) is 13.9. The Morgan fingerprint density at radius 3 is 2.71 bits per heavy atom. The van der Waals surface area contributed by atoms with E-state index >= 15 is 0 Å². The smallest absolute Gasteiger partial charge is 0.273 e. The van der Waals surface area contributed by atoms with E-state index in [1.807, 2.05) is 36.1 Å². The summed E-state index contributed by atoms with van der Waals surface area (Å²) >= 11 is 0. The Bertz CT molecular complexity index is 779. The molecule has 126 valence electrons. The normalized spacial score (nSPS) is 14.6. The fourth-order valence-electron chi connectivity index (χ4n) is 2.97. The Balaban J connectivity index is 1.67. The van der Waals surface area contributed by atoms with E-state index in [9.17, 15) is 9.59 Å². The average molecular weight is 326 g/mol. The van der Waals surface area contributed by atoms with Crippen molar-refractivity contribution < 1.29 is 4.79 Å². The monoisotopic (exact) mass is 326 g/mol. The van der Waals surface area contributed by atoms with E-state index in [-0.39, 0.29) is 11.5 Å². The van der Waals surface area contributed by atoms with Gasteiger partial charge in [0.05, 0.1) is 0 Å². The van der Waals surface area contributed by atoms with E-state index < -0.39 is 0 Å². The van der Waals surface area contributed by atoms with Gasteiger partial charge in [-0.15, -0.1) is 10.2 Å².